The third-order valence-electron chi connectivity index (χ3n) is 1.47. The molecular formula is C13H26O11. The fourth-order valence-electron chi connectivity index (χ4n) is 0.659. The SMILES string of the molecule is CC(=O)O.CC(=O)O.CC(=O)O.CC(=O)OCC(CO)C(O)CO. The fraction of sp³-hybridized carbons (Fsp3) is 0.692. The summed E-state index contributed by atoms with van der Waals surface area (Å²) in [5, 5.41) is 48.5. The molecule has 2 atom stereocenters. The second kappa shape index (κ2) is 20.8. The number of carbonyl (C=O) groups excluding carboxylic acids is 1. The lowest BCUT2D eigenvalue weighted by atomic mass is 10.1. The van der Waals surface area contributed by atoms with Crippen LogP contribution in [-0.4, -0.2) is 80.4 Å². The van der Waals surface area contributed by atoms with Crippen LogP contribution in [0.4, 0.5) is 0 Å². The molecule has 0 aromatic carbocycles. The van der Waals surface area contributed by atoms with Gasteiger partial charge in [0, 0.05) is 33.6 Å². The third kappa shape index (κ3) is 60.1. The summed E-state index contributed by atoms with van der Waals surface area (Å²) in [5.74, 6) is -3.59. The Kier molecular flexibility index (Phi) is 25.7. The molecule has 0 bridgehead atoms. The zero-order chi connectivity index (χ0) is 20.3. The Labute approximate surface area is 139 Å². The summed E-state index contributed by atoms with van der Waals surface area (Å²) in [7, 11) is 0. The van der Waals surface area contributed by atoms with Crippen molar-refractivity contribution in [1.29, 1.82) is 0 Å². The number of aliphatic hydroxyl groups excluding tert-OH is 3. The molecule has 0 heterocycles. The summed E-state index contributed by atoms with van der Waals surface area (Å²) in [6.45, 7) is 3.63. The van der Waals surface area contributed by atoms with Crippen molar-refractivity contribution in [3.05, 3.63) is 0 Å². The predicted octanol–water partition coefficient (Wildman–Crippen LogP) is -1.22. The molecule has 0 aromatic heterocycles. The summed E-state index contributed by atoms with van der Waals surface area (Å²) >= 11 is 0. The van der Waals surface area contributed by atoms with Crippen LogP contribution in [0, 0.1) is 5.92 Å². The molecule has 11 heteroatoms. The number of hydrogen-bond acceptors (Lipinski definition) is 8. The van der Waals surface area contributed by atoms with Gasteiger partial charge >= 0.3 is 5.97 Å². The maximum absolute atomic E-state index is 10.3. The van der Waals surface area contributed by atoms with Gasteiger partial charge in [-0.15, -0.1) is 0 Å². The normalized spacial score (nSPS) is 10.8. The van der Waals surface area contributed by atoms with Gasteiger partial charge in [-0.25, -0.2) is 0 Å². The van der Waals surface area contributed by atoms with Gasteiger partial charge in [0.1, 0.15) is 0 Å². The van der Waals surface area contributed by atoms with Crippen LogP contribution in [0.2, 0.25) is 0 Å². The zero-order valence-corrected chi connectivity index (χ0v) is 14.0. The minimum Gasteiger partial charge on any atom is -0.481 e. The van der Waals surface area contributed by atoms with Gasteiger partial charge in [0.2, 0.25) is 0 Å². The third-order valence-corrected chi connectivity index (χ3v) is 1.47. The van der Waals surface area contributed by atoms with E-state index in [0.717, 1.165) is 20.8 Å². The molecular weight excluding hydrogens is 332 g/mol. The van der Waals surface area contributed by atoms with Crippen molar-refractivity contribution >= 4 is 23.9 Å². The highest BCUT2D eigenvalue weighted by Gasteiger charge is 2.18. The number of hydrogen-bond donors (Lipinski definition) is 6. The van der Waals surface area contributed by atoms with Crippen molar-refractivity contribution in [2.24, 2.45) is 5.92 Å². The van der Waals surface area contributed by atoms with E-state index in [4.69, 9.17) is 45.0 Å². The van der Waals surface area contributed by atoms with E-state index >= 15 is 0 Å². The van der Waals surface area contributed by atoms with Gasteiger partial charge in [0.25, 0.3) is 17.9 Å². The summed E-state index contributed by atoms with van der Waals surface area (Å²) in [6, 6.07) is 0. The quantitative estimate of drug-likeness (QED) is 0.322. The van der Waals surface area contributed by atoms with Gasteiger partial charge in [-0.1, -0.05) is 0 Å². The molecule has 0 aromatic rings. The van der Waals surface area contributed by atoms with Crippen LogP contribution < -0.4 is 0 Å². The standard InChI is InChI=1S/C7H14O5.3C2H4O2/c1-5(10)12-4-6(2-8)7(11)3-9;3*1-2(3)4/h6-9,11H,2-4H2,1H3;3*1H3,(H,3,4). The van der Waals surface area contributed by atoms with Gasteiger partial charge in [0.15, 0.2) is 0 Å². The van der Waals surface area contributed by atoms with Crippen molar-refractivity contribution in [3.63, 3.8) is 0 Å². The zero-order valence-electron chi connectivity index (χ0n) is 14.0. The molecule has 144 valence electrons. The monoisotopic (exact) mass is 358 g/mol. The second-order valence-corrected chi connectivity index (χ2v) is 4.05. The Balaban J connectivity index is -0.000000137. The summed E-state index contributed by atoms with van der Waals surface area (Å²) in [4.78, 5) is 37.3. The van der Waals surface area contributed by atoms with Crippen molar-refractivity contribution in [3.8, 4) is 0 Å². The van der Waals surface area contributed by atoms with Crippen LogP contribution in [0.1, 0.15) is 27.7 Å². The van der Waals surface area contributed by atoms with Gasteiger partial charge in [0.05, 0.1) is 25.9 Å². The minimum absolute atomic E-state index is 0.0758. The Hall–Kier alpha value is -2.24. The van der Waals surface area contributed by atoms with Crippen LogP contribution in [-0.2, 0) is 23.9 Å². The van der Waals surface area contributed by atoms with E-state index in [1.165, 1.54) is 6.92 Å². The fourth-order valence-corrected chi connectivity index (χ4v) is 0.659. The molecule has 0 saturated heterocycles. The highest BCUT2D eigenvalue weighted by Crippen LogP contribution is 2.03. The lowest BCUT2D eigenvalue weighted by molar-refractivity contribution is -0.144. The Bertz CT molecular complexity index is 313. The first-order chi connectivity index (χ1) is 10.8. The summed E-state index contributed by atoms with van der Waals surface area (Å²) in [6.07, 6.45) is -1.05. The summed E-state index contributed by atoms with van der Waals surface area (Å²) in [5.41, 5.74) is 0. The Morgan fingerprint density at radius 3 is 1.25 bits per heavy atom. The van der Waals surface area contributed by atoms with E-state index in [2.05, 4.69) is 4.74 Å². The number of ether oxygens (including phenoxy) is 1. The molecule has 0 aliphatic carbocycles. The first kappa shape index (κ1) is 29.7. The van der Waals surface area contributed by atoms with Gasteiger partial charge in [-0.05, 0) is 0 Å². The van der Waals surface area contributed by atoms with E-state index in [-0.39, 0.29) is 13.2 Å². The molecule has 0 radical (unpaired) electrons. The highest BCUT2D eigenvalue weighted by atomic mass is 16.5. The lowest BCUT2D eigenvalue weighted by Gasteiger charge is -2.17. The van der Waals surface area contributed by atoms with Crippen LogP contribution >= 0.6 is 0 Å². The van der Waals surface area contributed by atoms with Crippen LogP contribution in [0.5, 0.6) is 0 Å². The molecule has 0 saturated carbocycles. The van der Waals surface area contributed by atoms with Gasteiger partial charge in [-0.2, -0.15) is 0 Å². The first-order valence-electron chi connectivity index (χ1n) is 6.43. The van der Waals surface area contributed by atoms with E-state index in [0.29, 0.717) is 0 Å². The average Bonchev–Trinajstić information content (AvgIpc) is 2.36. The lowest BCUT2D eigenvalue weighted by Crippen LogP contribution is -2.31. The largest absolute Gasteiger partial charge is 0.481 e. The molecule has 0 aliphatic rings. The van der Waals surface area contributed by atoms with Crippen LogP contribution in [0.3, 0.4) is 0 Å². The van der Waals surface area contributed by atoms with E-state index in [1.54, 1.807) is 0 Å². The molecule has 6 N–H and O–H groups in total. The van der Waals surface area contributed by atoms with Crippen LogP contribution in [0.25, 0.3) is 0 Å². The number of carboxylic acid groups (broad SMARTS) is 3. The molecule has 0 spiro atoms. The number of rotatable bonds is 5. The topological polar surface area (TPSA) is 199 Å². The van der Waals surface area contributed by atoms with Crippen molar-refractivity contribution < 1.29 is 54.6 Å². The van der Waals surface area contributed by atoms with E-state index in [1.807, 2.05) is 0 Å². The average molecular weight is 358 g/mol. The number of aliphatic carboxylic acids is 3. The maximum Gasteiger partial charge on any atom is 0.302 e. The molecule has 0 rings (SSSR count). The van der Waals surface area contributed by atoms with Crippen LogP contribution in [0.15, 0.2) is 0 Å². The molecule has 24 heavy (non-hydrogen) atoms. The first-order valence-corrected chi connectivity index (χ1v) is 6.43. The smallest absolute Gasteiger partial charge is 0.302 e. The second-order valence-electron chi connectivity index (χ2n) is 4.05. The number of carbonyl (C=O) groups is 4. The van der Waals surface area contributed by atoms with Gasteiger partial charge < -0.3 is 35.4 Å². The molecule has 0 fully saturated rings. The summed E-state index contributed by atoms with van der Waals surface area (Å²) < 4.78 is 4.55. The Morgan fingerprint density at radius 1 is 0.792 bits per heavy atom. The molecule has 11 nitrogen and oxygen atoms in total. The van der Waals surface area contributed by atoms with E-state index in [9.17, 15) is 4.79 Å². The Morgan fingerprint density at radius 2 is 1.08 bits per heavy atom. The maximum atomic E-state index is 10.3. The molecule has 0 amide bonds. The van der Waals surface area contributed by atoms with Crippen molar-refractivity contribution in [2.75, 3.05) is 19.8 Å². The predicted molar refractivity (Wildman–Crippen MR) is 80.2 cm³/mol. The number of esters is 1. The van der Waals surface area contributed by atoms with Gasteiger partial charge in [-0.3, -0.25) is 19.2 Å². The molecule has 0 aliphatic heterocycles. The number of carboxylic acids is 3. The minimum atomic E-state index is -1.05. The van der Waals surface area contributed by atoms with Crippen molar-refractivity contribution in [1.82, 2.24) is 0 Å². The highest BCUT2D eigenvalue weighted by molar-refractivity contribution is 5.65. The molecule has 2 unspecified atom stereocenters. The number of aliphatic hydroxyl groups is 3. The van der Waals surface area contributed by atoms with E-state index < -0.39 is 42.5 Å². The van der Waals surface area contributed by atoms with Crippen molar-refractivity contribution in [2.45, 2.75) is 33.8 Å².